The molecule has 2 aromatic rings. The molecule has 1 spiro atoms. The van der Waals surface area contributed by atoms with Crippen LogP contribution in [0.4, 0.5) is 11.4 Å². The molecule has 0 radical (unpaired) electrons. The van der Waals surface area contributed by atoms with Crippen molar-refractivity contribution in [3.05, 3.63) is 84.5 Å². The molecule has 0 aliphatic carbocycles. The number of aliphatic hydroxyl groups excluding tert-OH is 1. The molecule has 1 unspecified atom stereocenters. The number of anilines is 2. The van der Waals surface area contributed by atoms with Crippen LogP contribution in [0.15, 0.2) is 78.9 Å². The van der Waals surface area contributed by atoms with Crippen molar-refractivity contribution in [1.82, 2.24) is 9.80 Å². The van der Waals surface area contributed by atoms with Crippen molar-refractivity contribution in [2.24, 2.45) is 11.8 Å². The van der Waals surface area contributed by atoms with E-state index in [2.05, 4.69) is 18.7 Å². The van der Waals surface area contributed by atoms with Crippen molar-refractivity contribution in [1.29, 1.82) is 0 Å². The normalized spacial score (nSPS) is 29.8. The van der Waals surface area contributed by atoms with Crippen LogP contribution in [-0.2, 0) is 25.7 Å². The lowest BCUT2D eigenvalue weighted by Crippen LogP contribution is -2.58. The maximum atomic E-state index is 14.8. The average Bonchev–Trinajstić information content (AvgIpc) is 3.32. The second-order valence-electron chi connectivity index (χ2n) is 12.6. The van der Waals surface area contributed by atoms with Gasteiger partial charge in [0.2, 0.25) is 11.8 Å². The standard InChI is InChI=1S/C36H44N4O5/c1-5-26(24-41)40-31-34(44)39(28-17-15-27(16-18-28)37(6-2)7-3)22-12-20-36(31)30(33(40)43)29-32(42)38(21-11-19-35(29,4)45-36)23-25-13-9-8-10-14-25/h8-20,26,29-31,41H,5-7,21-24H2,1-4H3/t26-,29+,30-,31?,35-,36-/m0/s1. The van der Waals surface area contributed by atoms with Gasteiger partial charge in [-0.05, 0) is 57.0 Å². The minimum absolute atomic E-state index is 0.173. The highest BCUT2D eigenvalue weighted by molar-refractivity contribution is 6.06. The zero-order valence-corrected chi connectivity index (χ0v) is 26.6. The zero-order valence-electron chi connectivity index (χ0n) is 26.6. The van der Waals surface area contributed by atoms with Gasteiger partial charge in [-0.25, -0.2) is 0 Å². The van der Waals surface area contributed by atoms with E-state index in [9.17, 15) is 19.5 Å². The zero-order chi connectivity index (χ0) is 31.9. The lowest BCUT2D eigenvalue weighted by atomic mass is 9.74. The number of benzene rings is 2. The molecule has 0 aromatic heterocycles. The summed E-state index contributed by atoms with van der Waals surface area (Å²) in [6.45, 7) is 10.5. The summed E-state index contributed by atoms with van der Waals surface area (Å²) in [5.41, 5.74) is 0.307. The molecule has 9 nitrogen and oxygen atoms in total. The fraction of sp³-hybridized carbons (Fsp3) is 0.472. The number of amides is 3. The third-order valence-electron chi connectivity index (χ3n) is 10.2. The molecular weight excluding hydrogens is 568 g/mol. The Morgan fingerprint density at radius 3 is 2.22 bits per heavy atom. The molecule has 9 heteroatoms. The van der Waals surface area contributed by atoms with Crippen LogP contribution in [0.2, 0.25) is 0 Å². The molecule has 4 aliphatic heterocycles. The smallest absolute Gasteiger partial charge is 0.253 e. The predicted octanol–water partition coefficient (Wildman–Crippen LogP) is 3.78. The highest BCUT2D eigenvalue weighted by Crippen LogP contribution is 2.58. The first-order valence-electron chi connectivity index (χ1n) is 16.2. The molecule has 4 heterocycles. The fourth-order valence-corrected chi connectivity index (χ4v) is 7.93. The largest absolute Gasteiger partial charge is 0.394 e. The van der Waals surface area contributed by atoms with E-state index in [-0.39, 0.29) is 24.3 Å². The molecule has 4 aliphatic rings. The number of carbonyl (C=O) groups excluding carboxylic acids is 3. The van der Waals surface area contributed by atoms with Crippen molar-refractivity contribution < 1.29 is 24.2 Å². The summed E-state index contributed by atoms with van der Waals surface area (Å²) < 4.78 is 6.95. The number of ether oxygens (including phenoxy) is 1. The lowest BCUT2D eigenvalue weighted by molar-refractivity contribution is -0.151. The van der Waals surface area contributed by atoms with Crippen molar-refractivity contribution >= 4 is 29.1 Å². The van der Waals surface area contributed by atoms with Gasteiger partial charge in [-0.15, -0.1) is 0 Å². The first kappa shape index (κ1) is 31.0. The highest BCUT2D eigenvalue weighted by atomic mass is 16.5. The Hall–Kier alpha value is -3.95. The summed E-state index contributed by atoms with van der Waals surface area (Å²) in [4.78, 5) is 51.1. The Morgan fingerprint density at radius 1 is 0.889 bits per heavy atom. The Morgan fingerprint density at radius 2 is 1.58 bits per heavy atom. The third kappa shape index (κ3) is 4.97. The van der Waals surface area contributed by atoms with Gasteiger partial charge in [0.1, 0.15) is 11.6 Å². The van der Waals surface area contributed by atoms with Crippen molar-refractivity contribution in [2.75, 3.05) is 42.6 Å². The minimum atomic E-state index is -1.37. The van der Waals surface area contributed by atoms with Crippen LogP contribution in [0, 0.1) is 11.8 Å². The molecular formula is C36H44N4O5. The molecule has 45 heavy (non-hydrogen) atoms. The van der Waals surface area contributed by atoms with Crippen LogP contribution in [0.5, 0.6) is 0 Å². The van der Waals surface area contributed by atoms with E-state index >= 15 is 0 Å². The van der Waals surface area contributed by atoms with E-state index in [1.54, 1.807) is 9.80 Å². The molecule has 238 valence electrons. The van der Waals surface area contributed by atoms with Gasteiger partial charge < -0.3 is 29.4 Å². The van der Waals surface area contributed by atoms with Gasteiger partial charge in [0, 0.05) is 44.1 Å². The second-order valence-corrected chi connectivity index (χ2v) is 12.6. The SMILES string of the molecule is CC[C@@H](CO)N1C(=O)[C@@H]2[C@@H]3C(=O)N(Cc4ccccc4)CC=C[C@]3(C)O[C@@]23C=CCN(c2ccc(N(CC)CC)cc2)C(=O)C13. The first-order valence-corrected chi connectivity index (χ1v) is 16.2. The molecule has 3 amide bonds. The quantitative estimate of drug-likeness (QED) is 0.434. The van der Waals surface area contributed by atoms with Gasteiger partial charge in [-0.1, -0.05) is 61.6 Å². The molecule has 0 saturated carbocycles. The first-order chi connectivity index (χ1) is 21.7. The number of aliphatic hydroxyl groups is 1. The number of rotatable bonds is 9. The summed E-state index contributed by atoms with van der Waals surface area (Å²) in [5.74, 6) is -2.54. The van der Waals surface area contributed by atoms with E-state index in [4.69, 9.17) is 4.74 Å². The maximum absolute atomic E-state index is 14.8. The van der Waals surface area contributed by atoms with Gasteiger partial charge in [0.25, 0.3) is 5.91 Å². The van der Waals surface area contributed by atoms with Gasteiger partial charge >= 0.3 is 0 Å². The van der Waals surface area contributed by atoms with Gasteiger partial charge in [-0.3, -0.25) is 14.4 Å². The molecule has 1 N–H and O–H groups in total. The van der Waals surface area contributed by atoms with Crippen LogP contribution in [0.25, 0.3) is 0 Å². The number of carbonyl (C=O) groups is 3. The molecule has 6 rings (SSSR count). The van der Waals surface area contributed by atoms with Crippen molar-refractivity contribution in [3.8, 4) is 0 Å². The van der Waals surface area contributed by atoms with Crippen LogP contribution in [-0.4, -0.2) is 88.7 Å². The molecule has 6 atom stereocenters. The van der Waals surface area contributed by atoms with E-state index < -0.39 is 35.1 Å². The van der Waals surface area contributed by atoms with E-state index in [1.807, 2.05) is 92.7 Å². The Balaban J connectivity index is 1.41. The number of likely N-dealkylation sites (tertiary alicyclic amines) is 1. The van der Waals surface area contributed by atoms with Crippen molar-refractivity contribution in [2.45, 2.75) is 63.9 Å². The third-order valence-corrected chi connectivity index (χ3v) is 10.2. The summed E-state index contributed by atoms with van der Waals surface area (Å²) in [6, 6.07) is 16.1. The molecule has 2 aromatic carbocycles. The molecule has 2 fully saturated rings. The van der Waals surface area contributed by atoms with E-state index in [0.717, 1.165) is 24.3 Å². The summed E-state index contributed by atoms with van der Waals surface area (Å²) in [6.07, 6.45) is 8.04. The maximum Gasteiger partial charge on any atom is 0.253 e. The Labute approximate surface area is 265 Å². The minimum Gasteiger partial charge on any atom is -0.394 e. The van der Waals surface area contributed by atoms with Crippen LogP contribution >= 0.6 is 0 Å². The Kier molecular flexibility index (Phi) is 8.35. The number of hydrogen-bond acceptors (Lipinski definition) is 6. The fourth-order valence-electron chi connectivity index (χ4n) is 7.93. The number of nitrogens with zero attached hydrogens (tertiary/aromatic N) is 4. The van der Waals surface area contributed by atoms with Gasteiger partial charge in [-0.2, -0.15) is 0 Å². The Bertz CT molecular complexity index is 1480. The van der Waals surface area contributed by atoms with Crippen molar-refractivity contribution in [3.63, 3.8) is 0 Å². The number of hydrogen-bond donors (Lipinski definition) is 1. The summed E-state index contributed by atoms with van der Waals surface area (Å²) in [5, 5.41) is 10.4. The van der Waals surface area contributed by atoms with Crippen LogP contribution in [0.1, 0.15) is 39.7 Å². The van der Waals surface area contributed by atoms with Gasteiger partial charge in [0.05, 0.1) is 30.1 Å². The average molecular weight is 613 g/mol. The number of fused-ring (bicyclic) bond motifs is 2. The monoisotopic (exact) mass is 612 g/mol. The highest BCUT2D eigenvalue weighted by Gasteiger charge is 2.75. The second kappa shape index (κ2) is 12.1. The predicted molar refractivity (Wildman–Crippen MR) is 173 cm³/mol. The molecule has 2 saturated heterocycles. The summed E-state index contributed by atoms with van der Waals surface area (Å²) >= 11 is 0. The topological polar surface area (TPSA) is 93.6 Å². The summed E-state index contributed by atoms with van der Waals surface area (Å²) in [7, 11) is 0. The lowest BCUT2D eigenvalue weighted by Gasteiger charge is -2.40. The van der Waals surface area contributed by atoms with Crippen LogP contribution < -0.4 is 9.80 Å². The molecule has 0 bridgehead atoms. The van der Waals surface area contributed by atoms with E-state index in [1.165, 1.54) is 4.90 Å². The van der Waals surface area contributed by atoms with Gasteiger partial charge in [0.15, 0.2) is 0 Å². The van der Waals surface area contributed by atoms with E-state index in [0.29, 0.717) is 31.7 Å². The van der Waals surface area contributed by atoms with Crippen LogP contribution in [0.3, 0.4) is 0 Å².